The maximum absolute atomic E-state index is 12.4. The normalized spacial score (nSPS) is 14.0. The minimum atomic E-state index is -0.510. The van der Waals surface area contributed by atoms with Gasteiger partial charge in [-0.1, -0.05) is 0 Å². The van der Waals surface area contributed by atoms with E-state index in [4.69, 9.17) is 9.47 Å². The first kappa shape index (κ1) is 18.7. The maximum atomic E-state index is 12.4. The Labute approximate surface area is 138 Å². The molecule has 1 rings (SSSR count). The Balaban J connectivity index is 3.09. The van der Waals surface area contributed by atoms with E-state index in [1.807, 2.05) is 51.1 Å². The fourth-order valence-corrected chi connectivity index (χ4v) is 4.83. The SMILES string of the molecule is CCOC(=O)[C@H]([Se]c1ccccc1)[C@H](OC(C)=O)C(C)(C)C. The zero-order chi connectivity index (χ0) is 16.8. The molecule has 0 spiro atoms. The number of benzene rings is 1. The van der Waals surface area contributed by atoms with Gasteiger partial charge in [0, 0.05) is 0 Å². The number of carbonyl (C=O) groups excluding carboxylic acids is 2. The average molecular weight is 371 g/mol. The van der Waals surface area contributed by atoms with E-state index in [9.17, 15) is 9.59 Å². The van der Waals surface area contributed by atoms with Gasteiger partial charge < -0.3 is 0 Å². The molecule has 0 radical (unpaired) electrons. The zero-order valence-corrected chi connectivity index (χ0v) is 15.5. The second-order valence-electron chi connectivity index (χ2n) is 6.00. The van der Waals surface area contributed by atoms with E-state index in [0.717, 1.165) is 4.46 Å². The minimum absolute atomic E-state index is 0.180. The molecule has 0 saturated heterocycles. The van der Waals surface area contributed by atoms with Crippen LogP contribution in [0.1, 0.15) is 34.6 Å². The summed E-state index contributed by atoms with van der Waals surface area (Å²) in [5.74, 6) is -0.675. The Hall–Kier alpha value is -1.32. The monoisotopic (exact) mass is 372 g/mol. The van der Waals surface area contributed by atoms with E-state index in [1.165, 1.54) is 6.92 Å². The van der Waals surface area contributed by atoms with Crippen LogP contribution < -0.4 is 4.46 Å². The predicted molar refractivity (Wildman–Crippen MR) is 87.2 cm³/mol. The van der Waals surface area contributed by atoms with Gasteiger partial charge in [0.05, 0.1) is 0 Å². The van der Waals surface area contributed by atoms with Crippen molar-refractivity contribution in [3.63, 3.8) is 0 Å². The van der Waals surface area contributed by atoms with Crippen LogP contribution in [-0.4, -0.2) is 39.6 Å². The van der Waals surface area contributed by atoms with E-state index in [0.29, 0.717) is 6.61 Å². The molecule has 0 bridgehead atoms. The van der Waals surface area contributed by atoms with Crippen molar-refractivity contribution in [1.29, 1.82) is 0 Å². The summed E-state index contributed by atoms with van der Waals surface area (Å²) in [6.07, 6.45) is -0.510. The predicted octanol–water partition coefficient (Wildman–Crippen LogP) is 2.35. The molecule has 122 valence electrons. The number of carbonyl (C=O) groups is 2. The Bertz CT molecular complexity index is 493. The van der Waals surface area contributed by atoms with Crippen LogP contribution in [0.25, 0.3) is 0 Å². The van der Waals surface area contributed by atoms with E-state index < -0.39 is 10.9 Å². The Morgan fingerprint density at radius 2 is 1.77 bits per heavy atom. The van der Waals surface area contributed by atoms with Gasteiger partial charge in [-0.2, -0.15) is 0 Å². The number of rotatable bonds is 6. The molecule has 0 amide bonds. The van der Waals surface area contributed by atoms with Crippen molar-refractivity contribution >= 4 is 31.4 Å². The van der Waals surface area contributed by atoms with Gasteiger partial charge >= 0.3 is 138 Å². The molecule has 2 atom stereocenters. The Morgan fingerprint density at radius 3 is 2.23 bits per heavy atom. The fraction of sp³-hybridized carbons (Fsp3) is 0.529. The molecular formula is C17H24O4Se. The fourth-order valence-electron chi connectivity index (χ4n) is 1.98. The summed E-state index contributed by atoms with van der Waals surface area (Å²) in [4.78, 5) is 23.4. The first-order chi connectivity index (χ1) is 10.3. The molecule has 0 unspecified atom stereocenters. The number of ether oxygens (including phenoxy) is 2. The third-order valence-corrected chi connectivity index (χ3v) is 5.54. The summed E-state index contributed by atoms with van der Waals surface area (Å²) in [6, 6.07) is 9.79. The van der Waals surface area contributed by atoms with Crippen molar-refractivity contribution in [3.8, 4) is 0 Å². The van der Waals surface area contributed by atoms with Gasteiger partial charge in [-0.3, -0.25) is 0 Å². The average Bonchev–Trinajstić information content (AvgIpc) is 2.42. The van der Waals surface area contributed by atoms with E-state index in [2.05, 4.69) is 0 Å². The molecule has 0 fully saturated rings. The van der Waals surface area contributed by atoms with Gasteiger partial charge in [0.2, 0.25) is 0 Å². The summed E-state index contributed by atoms with van der Waals surface area (Å²) in [5, 5.41) is 0. The van der Waals surface area contributed by atoms with Crippen molar-refractivity contribution in [2.75, 3.05) is 6.61 Å². The van der Waals surface area contributed by atoms with Gasteiger partial charge in [-0.25, -0.2) is 0 Å². The van der Waals surface area contributed by atoms with Crippen molar-refractivity contribution in [2.24, 2.45) is 5.41 Å². The van der Waals surface area contributed by atoms with Gasteiger partial charge in [0.15, 0.2) is 0 Å². The molecule has 5 heteroatoms. The van der Waals surface area contributed by atoms with E-state index >= 15 is 0 Å². The van der Waals surface area contributed by atoms with Gasteiger partial charge in [0.25, 0.3) is 0 Å². The van der Waals surface area contributed by atoms with E-state index in [1.54, 1.807) is 6.92 Å². The van der Waals surface area contributed by atoms with Crippen molar-refractivity contribution in [3.05, 3.63) is 30.3 Å². The molecule has 0 aliphatic carbocycles. The Morgan fingerprint density at radius 1 is 1.18 bits per heavy atom. The quantitative estimate of drug-likeness (QED) is 0.569. The second-order valence-corrected chi connectivity index (χ2v) is 8.55. The molecule has 0 N–H and O–H groups in total. The van der Waals surface area contributed by atoms with Crippen LogP contribution in [0.15, 0.2) is 30.3 Å². The van der Waals surface area contributed by atoms with Crippen LogP contribution in [0.3, 0.4) is 0 Å². The molecule has 0 aromatic heterocycles. The van der Waals surface area contributed by atoms with Crippen molar-refractivity contribution < 1.29 is 19.1 Å². The van der Waals surface area contributed by atoms with Crippen LogP contribution in [0.4, 0.5) is 0 Å². The van der Waals surface area contributed by atoms with Gasteiger partial charge in [0.1, 0.15) is 0 Å². The molecule has 1 aromatic rings. The van der Waals surface area contributed by atoms with Gasteiger partial charge in [-0.05, 0) is 0 Å². The summed E-state index contributed by atoms with van der Waals surface area (Å²) in [5.41, 5.74) is -0.348. The van der Waals surface area contributed by atoms with E-state index in [-0.39, 0.29) is 32.3 Å². The molecule has 1 aromatic carbocycles. The second kappa shape index (κ2) is 8.35. The summed E-state index contributed by atoms with van der Waals surface area (Å²) < 4.78 is 11.8. The number of hydrogen-bond donors (Lipinski definition) is 0. The molecule has 0 heterocycles. The zero-order valence-electron chi connectivity index (χ0n) is 13.8. The molecule has 22 heavy (non-hydrogen) atoms. The molecule has 0 aliphatic rings. The summed E-state index contributed by atoms with van der Waals surface area (Å²) in [6.45, 7) is 9.37. The summed E-state index contributed by atoms with van der Waals surface area (Å²) >= 11 is -0.180. The van der Waals surface area contributed by atoms with Crippen LogP contribution in [-0.2, 0) is 19.1 Å². The van der Waals surface area contributed by atoms with Crippen LogP contribution >= 0.6 is 0 Å². The molecule has 0 saturated carbocycles. The molecule has 4 nitrogen and oxygen atoms in total. The van der Waals surface area contributed by atoms with Gasteiger partial charge in [-0.15, -0.1) is 0 Å². The number of hydrogen-bond acceptors (Lipinski definition) is 4. The summed E-state index contributed by atoms with van der Waals surface area (Å²) in [7, 11) is 0. The van der Waals surface area contributed by atoms with Crippen LogP contribution in [0.2, 0.25) is 4.82 Å². The molecular weight excluding hydrogens is 347 g/mol. The van der Waals surface area contributed by atoms with Crippen LogP contribution in [0, 0.1) is 5.41 Å². The van der Waals surface area contributed by atoms with Crippen molar-refractivity contribution in [1.82, 2.24) is 0 Å². The first-order valence-electron chi connectivity index (χ1n) is 7.31. The Kier molecular flexibility index (Phi) is 7.11. The third kappa shape index (κ3) is 5.82. The number of esters is 2. The van der Waals surface area contributed by atoms with Crippen LogP contribution in [0.5, 0.6) is 0 Å². The van der Waals surface area contributed by atoms with Crippen molar-refractivity contribution in [2.45, 2.75) is 45.5 Å². The first-order valence-corrected chi connectivity index (χ1v) is 9.15. The molecule has 0 aliphatic heterocycles. The topological polar surface area (TPSA) is 52.6 Å². The third-order valence-electron chi connectivity index (χ3n) is 2.95. The standard InChI is InChI=1S/C17H24O4Se/c1-6-20-16(19)14(22-13-10-8-7-9-11-13)15(17(3,4)5)21-12(2)18/h7-11,14-15H,6H2,1-5H3/t14-,15+/m1/s1.